The lowest BCUT2D eigenvalue weighted by atomic mass is 9.40. The van der Waals surface area contributed by atoms with E-state index in [-0.39, 0.29) is 5.97 Å². The van der Waals surface area contributed by atoms with Gasteiger partial charge >= 0.3 is 11.9 Å². The number of hydrogen-bond acceptors (Lipinski definition) is 8. The number of hydrogen-bond donors (Lipinski definition) is 3. The predicted octanol–water partition coefficient (Wildman–Crippen LogP) is 0.698. The first-order valence-corrected chi connectivity index (χ1v) is 9.67. The van der Waals surface area contributed by atoms with Crippen LogP contribution in [0.1, 0.15) is 44.8 Å². The lowest BCUT2D eigenvalue weighted by molar-refractivity contribution is -0.342. The van der Waals surface area contributed by atoms with Crippen molar-refractivity contribution < 1.29 is 38.8 Å². The second kappa shape index (κ2) is 5.37. The van der Waals surface area contributed by atoms with E-state index in [0.29, 0.717) is 19.3 Å². The third-order valence-corrected chi connectivity index (χ3v) is 8.07. The topological polar surface area (TPSA) is 126 Å². The molecule has 6 rings (SSSR count). The van der Waals surface area contributed by atoms with Crippen molar-refractivity contribution in [3.05, 3.63) is 24.2 Å². The van der Waals surface area contributed by atoms with Crippen LogP contribution in [0, 0.1) is 22.7 Å². The fraction of sp³-hybridized carbons (Fsp3) is 0.700. The third-order valence-electron chi connectivity index (χ3n) is 8.07. The van der Waals surface area contributed by atoms with Gasteiger partial charge in [-0.2, -0.15) is 0 Å². The lowest BCUT2D eigenvalue weighted by Crippen LogP contribution is -2.82. The zero-order valence-electron chi connectivity index (χ0n) is 15.7. The van der Waals surface area contributed by atoms with Crippen molar-refractivity contribution in [2.24, 2.45) is 22.7 Å². The first-order valence-electron chi connectivity index (χ1n) is 9.67. The molecule has 2 aliphatic carbocycles. The summed E-state index contributed by atoms with van der Waals surface area (Å²) in [5.74, 6) is -2.19. The van der Waals surface area contributed by atoms with Crippen LogP contribution in [-0.4, -0.2) is 51.2 Å². The maximum absolute atomic E-state index is 12.9. The predicted molar refractivity (Wildman–Crippen MR) is 91.4 cm³/mol. The standard InChI is InChI=1S/C20H24O8/c1-18-7-11(9-4-6-26-8-9)27-16(23)10(18)3-5-19(2)14(18)13-12(21)15(22)20(19,25)17(24)28-13/h4,6,8,10-15,21-22,25H,3,5,7H2,1-2H3/t10-,11+,12+,13+,14-,15+,18+,19+,20-/m0/s1. The molecule has 5 aliphatic rings. The molecule has 3 N–H and O–H groups in total. The molecular formula is C20H24O8. The number of esters is 2. The number of aliphatic hydroxyl groups excluding tert-OH is 2. The number of cyclic esters (lactones) is 1. The summed E-state index contributed by atoms with van der Waals surface area (Å²) in [5, 5.41) is 32.4. The Kier molecular flexibility index (Phi) is 3.48. The molecule has 9 atom stereocenters. The second-order valence-corrected chi connectivity index (χ2v) is 9.25. The lowest BCUT2D eigenvalue weighted by Gasteiger charge is -2.69. The fourth-order valence-corrected chi connectivity index (χ4v) is 6.67. The molecule has 3 aliphatic heterocycles. The summed E-state index contributed by atoms with van der Waals surface area (Å²) in [7, 11) is 0. The highest BCUT2D eigenvalue weighted by Crippen LogP contribution is 2.69. The summed E-state index contributed by atoms with van der Waals surface area (Å²) >= 11 is 0. The van der Waals surface area contributed by atoms with Gasteiger partial charge in [-0.05, 0) is 30.7 Å². The third kappa shape index (κ3) is 1.86. The monoisotopic (exact) mass is 392 g/mol. The van der Waals surface area contributed by atoms with Gasteiger partial charge in [0.15, 0.2) is 5.60 Å². The summed E-state index contributed by atoms with van der Waals surface area (Å²) in [6.07, 6.45) is -0.315. The van der Waals surface area contributed by atoms with Crippen molar-refractivity contribution in [3.63, 3.8) is 0 Å². The molecule has 2 saturated carbocycles. The van der Waals surface area contributed by atoms with E-state index >= 15 is 0 Å². The van der Waals surface area contributed by atoms with Gasteiger partial charge in [0, 0.05) is 16.9 Å². The summed E-state index contributed by atoms with van der Waals surface area (Å²) in [5.41, 5.74) is -3.22. The number of aliphatic hydroxyl groups is 3. The van der Waals surface area contributed by atoms with E-state index in [2.05, 4.69) is 0 Å². The summed E-state index contributed by atoms with van der Waals surface area (Å²) in [6.45, 7) is 3.69. The van der Waals surface area contributed by atoms with Crippen LogP contribution < -0.4 is 0 Å². The SMILES string of the molecule is C[C@@]12C[C@H](c3ccoc3)OC(=O)[C@@H]1CC[C@]1(C)[C@H]2[C@@H]2OC(=O)[C@@]1(O)[C@H](O)[C@@H]2O. The van der Waals surface area contributed by atoms with E-state index in [9.17, 15) is 24.9 Å². The highest BCUT2D eigenvalue weighted by Gasteiger charge is 2.79. The van der Waals surface area contributed by atoms with Gasteiger partial charge in [0.25, 0.3) is 0 Å². The maximum atomic E-state index is 12.9. The molecule has 0 amide bonds. The number of rotatable bonds is 1. The minimum Gasteiger partial charge on any atom is -0.472 e. The van der Waals surface area contributed by atoms with E-state index in [1.807, 2.05) is 6.92 Å². The number of ether oxygens (including phenoxy) is 2. The highest BCUT2D eigenvalue weighted by molar-refractivity contribution is 5.85. The second-order valence-electron chi connectivity index (χ2n) is 9.25. The molecular weight excluding hydrogens is 368 g/mol. The van der Waals surface area contributed by atoms with Gasteiger partial charge in [0.1, 0.15) is 24.4 Å². The molecule has 0 aromatic carbocycles. The Hall–Kier alpha value is -1.90. The van der Waals surface area contributed by atoms with Crippen molar-refractivity contribution in [2.75, 3.05) is 0 Å². The molecule has 0 unspecified atom stereocenters. The zero-order valence-corrected chi connectivity index (χ0v) is 15.7. The van der Waals surface area contributed by atoms with Gasteiger partial charge in [-0.3, -0.25) is 4.79 Å². The van der Waals surface area contributed by atoms with Gasteiger partial charge in [-0.1, -0.05) is 13.8 Å². The van der Waals surface area contributed by atoms with Crippen molar-refractivity contribution in [1.82, 2.24) is 0 Å². The van der Waals surface area contributed by atoms with Crippen LogP contribution in [0.3, 0.4) is 0 Å². The van der Waals surface area contributed by atoms with Crippen LogP contribution in [0.2, 0.25) is 0 Å². The van der Waals surface area contributed by atoms with E-state index in [1.54, 1.807) is 13.0 Å². The Balaban J connectivity index is 1.63. The molecule has 8 nitrogen and oxygen atoms in total. The average molecular weight is 392 g/mol. The summed E-state index contributed by atoms with van der Waals surface area (Å²) < 4.78 is 16.2. The summed E-state index contributed by atoms with van der Waals surface area (Å²) in [4.78, 5) is 25.4. The first kappa shape index (κ1) is 18.1. The van der Waals surface area contributed by atoms with Crippen LogP contribution in [-0.2, 0) is 19.1 Å². The smallest absolute Gasteiger partial charge is 0.341 e. The molecule has 8 heteroatoms. The minimum atomic E-state index is -2.22. The van der Waals surface area contributed by atoms with Gasteiger partial charge in [-0.15, -0.1) is 0 Å². The minimum absolute atomic E-state index is 0.336. The van der Waals surface area contributed by atoms with Crippen molar-refractivity contribution in [2.45, 2.75) is 63.1 Å². The molecule has 5 fully saturated rings. The highest BCUT2D eigenvalue weighted by atomic mass is 16.6. The van der Waals surface area contributed by atoms with E-state index in [0.717, 1.165) is 5.56 Å². The van der Waals surface area contributed by atoms with Crippen molar-refractivity contribution >= 4 is 11.9 Å². The summed E-state index contributed by atoms with van der Waals surface area (Å²) in [6, 6.07) is 1.74. The normalized spacial score (nSPS) is 52.5. The molecule has 4 heterocycles. The number of furan rings is 1. The van der Waals surface area contributed by atoms with Crippen LogP contribution >= 0.6 is 0 Å². The van der Waals surface area contributed by atoms with Gasteiger partial charge in [0.2, 0.25) is 0 Å². The van der Waals surface area contributed by atoms with Gasteiger partial charge in [-0.25, -0.2) is 4.79 Å². The molecule has 152 valence electrons. The van der Waals surface area contributed by atoms with E-state index in [1.165, 1.54) is 12.5 Å². The van der Waals surface area contributed by atoms with E-state index < -0.39 is 58.7 Å². The van der Waals surface area contributed by atoms with Crippen LogP contribution in [0.15, 0.2) is 23.0 Å². The first-order chi connectivity index (χ1) is 13.1. The van der Waals surface area contributed by atoms with Crippen molar-refractivity contribution in [3.8, 4) is 0 Å². The molecule has 0 radical (unpaired) electrons. The molecule has 0 spiro atoms. The Morgan fingerprint density at radius 3 is 2.61 bits per heavy atom. The van der Waals surface area contributed by atoms with Gasteiger partial charge < -0.3 is 29.2 Å². The largest absolute Gasteiger partial charge is 0.472 e. The average Bonchev–Trinajstić information content (AvgIpc) is 3.16. The maximum Gasteiger partial charge on any atom is 0.341 e. The van der Waals surface area contributed by atoms with Crippen LogP contribution in [0.5, 0.6) is 0 Å². The van der Waals surface area contributed by atoms with Gasteiger partial charge in [0.05, 0.1) is 18.4 Å². The van der Waals surface area contributed by atoms with Crippen LogP contribution in [0.4, 0.5) is 0 Å². The molecule has 28 heavy (non-hydrogen) atoms. The number of fused-ring (bicyclic) bond motifs is 3. The Morgan fingerprint density at radius 2 is 1.93 bits per heavy atom. The molecule has 1 aromatic heterocycles. The number of carbonyl (C=O) groups is 2. The Bertz CT molecular complexity index is 835. The van der Waals surface area contributed by atoms with Crippen LogP contribution in [0.25, 0.3) is 0 Å². The Labute approximate surface area is 161 Å². The Morgan fingerprint density at radius 1 is 1.18 bits per heavy atom. The fourth-order valence-electron chi connectivity index (χ4n) is 6.67. The number of carbonyl (C=O) groups excluding carboxylic acids is 2. The molecule has 3 saturated heterocycles. The quantitative estimate of drug-likeness (QED) is 0.596. The van der Waals surface area contributed by atoms with Crippen molar-refractivity contribution in [1.29, 1.82) is 0 Å². The molecule has 2 bridgehead atoms. The van der Waals surface area contributed by atoms with E-state index in [4.69, 9.17) is 13.9 Å². The molecule has 1 aromatic rings. The zero-order chi connectivity index (χ0) is 20.1.